The molecule has 1 fully saturated rings. The molecule has 3 rings (SSSR count). The molecule has 0 bridgehead atoms. The lowest BCUT2D eigenvalue weighted by molar-refractivity contribution is -0.135. The van der Waals surface area contributed by atoms with Gasteiger partial charge in [-0.1, -0.05) is 26.7 Å². The zero-order chi connectivity index (χ0) is 26.5. The number of halogens is 5. The number of amides is 1. The third-order valence-electron chi connectivity index (χ3n) is 6.64. The second-order valence-electron chi connectivity index (χ2n) is 9.50. The van der Waals surface area contributed by atoms with Crippen molar-refractivity contribution < 1.29 is 31.5 Å². The van der Waals surface area contributed by atoms with Gasteiger partial charge < -0.3 is 10.1 Å². The Labute approximate surface area is 207 Å². The van der Waals surface area contributed by atoms with E-state index >= 15 is 0 Å². The van der Waals surface area contributed by atoms with Crippen molar-refractivity contribution in [3.8, 4) is 11.6 Å². The summed E-state index contributed by atoms with van der Waals surface area (Å²) < 4.78 is 70.0. The van der Waals surface area contributed by atoms with Gasteiger partial charge in [0.25, 0.3) is 5.91 Å². The Kier molecular flexibility index (Phi) is 9.30. The quantitative estimate of drug-likeness (QED) is 0.383. The van der Waals surface area contributed by atoms with Crippen LogP contribution in [-0.4, -0.2) is 39.8 Å². The molecule has 36 heavy (non-hydrogen) atoms. The van der Waals surface area contributed by atoms with Crippen molar-refractivity contribution in [2.24, 2.45) is 11.8 Å². The van der Waals surface area contributed by atoms with Crippen LogP contribution in [-0.2, 0) is 12.8 Å². The molecule has 1 aliphatic carbocycles. The first-order valence-electron chi connectivity index (χ1n) is 12.4. The van der Waals surface area contributed by atoms with Crippen molar-refractivity contribution >= 4 is 5.91 Å². The predicted octanol–water partition coefficient (Wildman–Crippen LogP) is 6.18. The molecule has 1 saturated carbocycles. The Morgan fingerprint density at radius 1 is 1.25 bits per heavy atom. The molecular weight excluding hydrogens is 483 g/mol. The van der Waals surface area contributed by atoms with Gasteiger partial charge in [0.05, 0.1) is 5.69 Å². The number of carbonyl (C=O) groups excluding carboxylic acids is 1. The van der Waals surface area contributed by atoms with Crippen LogP contribution < -0.4 is 10.1 Å². The fourth-order valence-corrected chi connectivity index (χ4v) is 4.60. The van der Waals surface area contributed by atoms with Crippen molar-refractivity contribution in [2.75, 3.05) is 6.54 Å². The average molecular weight is 517 g/mol. The molecule has 0 unspecified atom stereocenters. The first-order valence-corrected chi connectivity index (χ1v) is 12.4. The zero-order valence-corrected chi connectivity index (χ0v) is 20.8. The summed E-state index contributed by atoms with van der Waals surface area (Å²) in [6.45, 7) is 3.07. The maximum absolute atomic E-state index is 13.2. The third-order valence-corrected chi connectivity index (χ3v) is 6.64. The van der Waals surface area contributed by atoms with Gasteiger partial charge in [-0.3, -0.25) is 9.36 Å². The number of rotatable bonds is 10. The Hall–Kier alpha value is -2.72. The van der Waals surface area contributed by atoms with Crippen LogP contribution in [0.3, 0.4) is 0 Å². The van der Waals surface area contributed by atoms with Crippen LogP contribution in [0.1, 0.15) is 79.9 Å². The predicted molar refractivity (Wildman–Crippen MR) is 125 cm³/mol. The maximum Gasteiger partial charge on any atom is 0.389 e. The Bertz CT molecular complexity index is 1030. The van der Waals surface area contributed by atoms with E-state index in [9.17, 15) is 26.7 Å². The molecule has 1 amide bonds. The Morgan fingerprint density at radius 3 is 2.56 bits per heavy atom. The van der Waals surface area contributed by atoms with Crippen LogP contribution in [0.2, 0.25) is 0 Å². The highest BCUT2D eigenvalue weighted by molar-refractivity contribution is 5.93. The molecule has 200 valence electrons. The Balaban J connectivity index is 1.84. The van der Waals surface area contributed by atoms with E-state index in [-0.39, 0.29) is 36.0 Å². The monoisotopic (exact) mass is 516 g/mol. The molecule has 2 aromatic heterocycles. The largest absolute Gasteiger partial charge is 0.431 e. The molecule has 2 heterocycles. The number of aryl methyl sites for hydroxylation is 2. The number of aromatic nitrogens is 3. The topological polar surface area (TPSA) is 69.0 Å². The second kappa shape index (κ2) is 12.0. The van der Waals surface area contributed by atoms with Crippen molar-refractivity contribution in [1.29, 1.82) is 0 Å². The minimum atomic E-state index is -4.30. The summed E-state index contributed by atoms with van der Waals surface area (Å²) in [5.41, 5.74) is 0.933. The van der Waals surface area contributed by atoms with Gasteiger partial charge in [-0.2, -0.15) is 22.0 Å². The lowest BCUT2D eigenvalue weighted by Gasteiger charge is -2.26. The lowest BCUT2D eigenvalue weighted by Crippen LogP contribution is -2.31. The molecule has 2 aromatic rings. The van der Waals surface area contributed by atoms with E-state index in [2.05, 4.69) is 26.9 Å². The molecule has 0 atom stereocenters. The van der Waals surface area contributed by atoms with Crippen LogP contribution in [0.5, 0.6) is 5.75 Å². The van der Waals surface area contributed by atoms with Crippen LogP contribution in [0, 0.1) is 18.8 Å². The van der Waals surface area contributed by atoms with E-state index in [0.29, 0.717) is 41.9 Å². The number of carbonyl (C=O) groups is 1. The highest BCUT2D eigenvalue weighted by Crippen LogP contribution is 2.30. The number of alkyl halides is 5. The van der Waals surface area contributed by atoms with E-state index in [1.54, 1.807) is 6.92 Å². The number of ether oxygens (including phenoxy) is 1. The molecule has 0 radical (unpaired) electrons. The van der Waals surface area contributed by atoms with Crippen LogP contribution in [0.4, 0.5) is 22.0 Å². The molecule has 0 spiro atoms. The van der Waals surface area contributed by atoms with Gasteiger partial charge in [0.15, 0.2) is 11.6 Å². The number of pyridine rings is 1. The fraction of sp³-hybridized carbons (Fsp3) is 0.640. The molecule has 0 aliphatic heterocycles. The number of nitrogens with one attached hydrogen (secondary N) is 1. The van der Waals surface area contributed by atoms with Gasteiger partial charge in [0.1, 0.15) is 11.5 Å². The summed E-state index contributed by atoms with van der Waals surface area (Å²) in [6.07, 6.45) is 0.634. The van der Waals surface area contributed by atoms with Crippen molar-refractivity contribution in [1.82, 2.24) is 19.9 Å². The van der Waals surface area contributed by atoms with Crippen molar-refractivity contribution in [3.63, 3.8) is 0 Å². The summed E-state index contributed by atoms with van der Waals surface area (Å²) >= 11 is 0. The van der Waals surface area contributed by atoms with Gasteiger partial charge in [-0.05, 0) is 56.1 Å². The summed E-state index contributed by atoms with van der Waals surface area (Å²) in [4.78, 5) is 21.6. The van der Waals surface area contributed by atoms with E-state index in [1.165, 1.54) is 16.8 Å². The molecule has 1 N–H and O–H groups in total. The summed E-state index contributed by atoms with van der Waals surface area (Å²) in [6, 6.07) is 1.27. The van der Waals surface area contributed by atoms with Crippen molar-refractivity contribution in [2.45, 2.75) is 84.9 Å². The molecule has 6 nitrogen and oxygen atoms in total. The third kappa shape index (κ3) is 7.39. The van der Waals surface area contributed by atoms with E-state index in [1.807, 2.05) is 6.92 Å². The van der Waals surface area contributed by atoms with Gasteiger partial charge in [-0.25, -0.2) is 9.97 Å². The minimum Gasteiger partial charge on any atom is -0.431 e. The van der Waals surface area contributed by atoms with Gasteiger partial charge >= 0.3 is 12.8 Å². The summed E-state index contributed by atoms with van der Waals surface area (Å²) in [7, 11) is 0. The van der Waals surface area contributed by atoms with Gasteiger partial charge in [0.2, 0.25) is 0 Å². The lowest BCUT2D eigenvalue weighted by atomic mass is 9.83. The first-order chi connectivity index (χ1) is 17.0. The van der Waals surface area contributed by atoms with Crippen molar-refractivity contribution in [3.05, 3.63) is 35.0 Å². The highest BCUT2D eigenvalue weighted by atomic mass is 19.4. The maximum atomic E-state index is 13.2. The number of imidazole rings is 1. The van der Waals surface area contributed by atoms with Crippen LogP contribution in [0.25, 0.3) is 5.82 Å². The average Bonchev–Trinajstić information content (AvgIpc) is 3.13. The van der Waals surface area contributed by atoms with E-state index in [4.69, 9.17) is 0 Å². The minimum absolute atomic E-state index is 0.00351. The fourth-order valence-electron chi connectivity index (χ4n) is 4.60. The van der Waals surface area contributed by atoms with Gasteiger partial charge in [-0.15, -0.1) is 0 Å². The molecular formula is C25H33F5N4O2. The number of nitrogens with zero attached hydrogens (tertiary/aromatic N) is 3. The van der Waals surface area contributed by atoms with E-state index < -0.39 is 19.2 Å². The molecule has 1 aliphatic rings. The molecule has 11 heteroatoms. The highest BCUT2D eigenvalue weighted by Gasteiger charge is 2.27. The van der Waals surface area contributed by atoms with Crippen LogP contribution in [0.15, 0.2) is 12.3 Å². The smallest absolute Gasteiger partial charge is 0.389 e. The zero-order valence-electron chi connectivity index (χ0n) is 20.8. The summed E-state index contributed by atoms with van der Waals surface area (Å²) in [5.74, 6) is 0.927. The first kappa shape index (κ1) is 27.9. The molecule has 0 saturated heterocycles. The second-order valence-corrected chi connectivity index (χ2v) is 9.50. The van der Waals surface area contributed by atoms with E-state index in [0.717, 1.165) is 25.7 Å². The number of hydrogen-bond donors (Lipinski definition) is 1. The SMILES string of the molecule is CCc1nc(C(=O)NCC2CCC(C)CC2)c(C)n1-c1ncc(CCCC(F)(F)F)cc1OC(F)F. The Morgan fingerprint density at radius 2 is 1.94 bits per heavy atom. The normalized spacial score (nSPS) is 18.5. The molecule has 0 aromatic carbocycles. The van der Waals surface area contributed by atoms with Gasteiger partial charge in [0, 0.05) is 25.6 Å². The summed E-state index contributed by atoms with van der Waals surface area (Å²) in [5, 5.41) is 2.95. The van der Waals surface area contributed by atoms with Crippen LogP contribution >= 0.6 is 0 Å². The number of hydrogen-bond acceptors (Lipinski definition) is 4. The standard InChI is InChI=1S/C25H33F5N4O2/c1-4-20-33-21(23(35)32-13-17-9-7-15(2)8-10-17)16(3)34(20)22-19(36-24(26)27)12-18(14-31-22)6-5-11-25(28,29)30/h12,14-15,17,24H,4-11,13H2,1-3H3,(H,32,35).